The van der Waals surface area contributed by atoms with E-state index in [0.717, 1.165) is 0 Å². The summed E-state index contributed by atoms with van der Waals surface area (Å²) < 4.78 is 15.8. The summed E-state index contributed by atoms with van der Waals surface area (Å²) in [5.74, 6) is 0.648. The summed E-state index contributed by atoms with van der Waals surface area (Å²) in [5.41, 5.74) is 1.50. The van der Waals surface area contributed by atoms with Crippen molar-refractivity contribution in [2.45, 2.75) is 13.0 Å². The van der Waals surface area contributed by atoms with Gasteiger partial charge in [-0.05, 0) is 43.3 Å². The number of nitrogens with one attached hydrogen (secondary N) is 1. The first-order valence-electron chi connectivity index (χ1n) is 9.05. The number of ether oxygens (including phenoxy) is 3. The maximum absolute atomic E-state index is 12.8. The van der Waals surface area contributed by atoms with Gasteiger partial charge in [0.2, 0.25) is 0 Å². The normalized spacial score (nSPS) is 16.4. The number of methoxy groups -OCH3 is 2. The molecule has 1 unspecified atom stereocenters. The Kier molecular flexibility index (Phi) is 6.16. The molecule has 3 rings (SSSR count). The quantitative estimate of drug-likeness (QED) is 0.858. The zero-order valence-electron chi connectivity index (χ0n) is 16.2. The number of rotatable bonds is 5. The summed E-state index contributed by atoms with van der Waals surface area (Å²) in [6.07, 6.45) is 0. The van der Waals surface area contributed by atoms with Crippen molar-refractivity contribution < 1.29 is 23.8 Å². The Balaban J connectivity index is 1.75. The third-order valence-corrected chi connectivity index (χ3v) is 4.64. The van der Waals surface area contributed by atoms with Crippen molar-refractivity contribution in [2.75, 3.05) is 39.3 Å². The van der Waals surface area contributed by atoms with Crippen LogP contribution in [0.15, 0.2) is 42.5 Å². The van der Waals surface area contributed by atoms with E-state index in [9.17, 15) is 9.59 Å². The van der Waals surface area contributed by atoms with Gasteiger partial charge in [-0.3, -0.25) is 9.59 Å². The van der Waals surface area contributed by atoms with E-state index in [2.05, 4.69) is 5.32 Å². The molecular formula is C21H24N2O5. The van der Waals surface area contributed by atoms with Crippen molar-refractivity contribution in [1.82, 2.24) is 4.90 Å². The molecule has 0 aromatic heterocycles. The number of anilines is 1. The number of benzene rings is 2. The van der Waals surface area contributed by atoms with Gasteiger partial charge in [0.1, 0.15) is 0 Å². The fourth-order valence-electron chi connectivity index (χ4n) is 3.11. The van der Waals surface area contributed by atoms with Crippen LogP contribution in [0.4, 0.5) is 5.69 Å². The highest BCUT2D eigenvalue weighted by Gasteiger charge is 2.25. The van der Waals surface area contributed by atoms with Gasteiger partial charge in [0, 0.05) is 23.4 Å². The highest BCUT2D eigenvalue weighted by Crippen LogP contribution is 2.28. The molecule has 7 nitrogen and oxygen atoms in total. The molecule has 1 aliphatic heterocycles. The Morgan fingerprint density at radius 3 is 2.57 bits per heavy atom. The van der Waals surface area contributed by atoms with E-state index in [-0.39, 0.29) is 17.9 Å². The van der Waals surface area contributed by atoms with Crippen molar-refractivity contribution >= 4 is 17.5 Å². The minimum absolute atomic E-state index is 0.0197. The zero-order chi connectivity index (χ0) is 20.1. The van der Waals surface area contributed by atoms with Crippen molar-refractivity contribution in [2.24, 2.45) is 0 Å². The second-order valence-electron chi connectivity index (χ2n) is 6.53. The molecule has 1 N–H and O–H groups in total. The number of hydrogen-bond donors (Lipinski definition) is 1. The van der Waals surface area contributed by atoms with Gasteiger partial charge in [0.05, 0.1) is 33.5 Å². The van der Waals surface area contributed by atoms with Gasteiger partial charge < -0.3 is 24.4 Å². The first kappa shape index (κ1) is 19.7. The molecule has 1 fully saturated rings. The third kappa shape index (κ3) is 4.26. The van der Waals surface area contributed by atoms with Crippen molar-refractivity contribution in [3.05, 3.63) is 53.6 Å². The van der Waals surface area contributed by atoms with Crippen LogP contribution in [0.25, 0.3) is 0 Å². The topological polar surface area (TPSA) is 77.1 Å². The average molecular weight is 384 g/mol. The van der Waals surface area contributed by atoms with Crippen molar-refractivity contribution in [1.29, 1.82) is 0 Å². The molecule has 28 heavy (non-hydrogen) atoms. The molecule has 1 saturated heterocycles. The predicted octanol–water partition coefficient (Wildman–Crippen LogP) is 2.82. The zero-order valence-corrected chi connectivity index (χ0v) is 16.2. The fourth-order valence-corrected chi connectivity index (χ4v) is 3.11. The molecule has 0 radical (unpaired) electrons. The molecule has 2 aromatic carbocycles. The van der Waals surface area contributed by atoms with Gasteiger partial charge in [0.15, 0.2) is 11.5 Å². The van der Waals surface area contributed by atoms with E-state index in [4.69, 9.17) is 14.2 Å². The summed E-state index contributed by atoms with van der Waals surface area (Å²) in [7, 11) is 3.05. The molecule has 1 heterocycles. The van der Waals surface area contributed by atoms with Crippen LogP contribution in [0.5, 0.6) is 11.5 Å². The Bertz CT molecular complexity index is 868. The predicted molar refractivity (Wildman–Crippen MR) is 105 cm³/mol. The van der Waals surface area contributed by atoms with Crippen molar-refractivity contribution in [3.8, 4) is 11.5 Å². The SMILES string of the molecule is COc1ccc(C(=O)Nc2cccc(C(=O)N3CCOCC3C)c2)cc1OC. The molecule has 7 heteroatoms. The molecule has 2 aromatic rings. The summed E-state index contributed by atoms with van der Waals surface area (Å²) in [6, 6.07) is 11.9. The smallest absolute Gasteiger partial charge is 0.255 e. The summed E-state index contributed by atoms with van der Waals surface area (Å²) in [6.45, 7) is 3.58. The standard InChI is InChI=1S/C21H24N2O5/c1-14-13-28-10-9-23(14)21(25)16-5-4-6-17(11-16)22-20(24)15-7-8-18(26-2)19(12-15)27-3/h4-8,11-12,14H,9-10,13H2,1-3H3,(H,22,24). The molecule has 0 aliphatic carbocycles. The molecule has 0 saturated carbocycles. The van der Waals surface area contributed by atoms with Gasteiger partial charge in [0.25, 0.3) is 11.8 Å². The summed E-state index contributed by atoms with van der Waals surface area (Å²) >= 11 is 0. The Hall–Kier alpha value is -3.06. The first-order chi connectivity index (χ1) is 13.5. The van der Waals surface area contributed by atoms with Gasteiger partial charge >= 0.3 is 0 Å². The third-order valence-electron chi connectivity index (χ3n) is 4.64. The molecule has 148 valence electrons. The number of carbonyl (C=O) groups excluding carboxylic acids is 2. The number of carbonyl (C=O) groups is 2. The molecule has 1 aliphatic rings. The number of morpholine rings is 1. The van der Waals surface area contributed by atoms with Crippen LogP contribution < -0.4 is 14.8 Å². The monoisotopic (exact) mass is 384 g/mol. The van der Waals surface area contributed by atoms with E-state index in [1.54, 1.807) is 47.4 Å². The molecular weight excluding hydrogens is 360 g/mol. The van der Waals surface area contributed by atoms with Gasteiger partial charge in [-0.15, -0.1) is 0 Å². The second-order valence-corrected chi connectivity index (χ2v) is 6.53. The van der Waals surface area contributed by atoms with Crippen molar-refractivity contribution in [3.63, 3.8) is 0 Å². The van der Waals surface area contributed by atoms with E-state index < -0.39 is 0 Å². The minimum Gasteiger partial charge on any atom is -0.493 e. The fraction of sp³-hybridized carbons (Fsp3) is 0.333. The van der Waals surface area contributed by atoms with Crippen LogP contribution in [0.1, 0.15) is 27.6 Å². The van der Waals surface area contributed by atoms with Crippen LogP contribution >= 0.6 is 0 Å². The molecule has 0 spiro atoms. The Morgan fingerprint density at radius 2 is 1.86 bits per heavy atom. The van der Waals surface area contributed by atoms with Gasteiger partial charge in [-0.1, -0.05) is 6.07 Å². The highest BCUT2D eigenvalue weighted by atomic mass is 16.5. The first-order valence-corrected chi connectivity index (χ1v) is 9.05. The van der Waals surface area contributed by atoms with Crippen LogP contribution in [0.3, 0.4) is 0 Å². The largest absolute Gasteiger partial charge is 0.493 e. The molecule has 1 atom stereocenters. The van der Waals surface area contributed by atoms with Crippen LogP contribution in [-0.2, 0) is 4.74 Å². The number of nitrogens with zero attached hydrogens (tertiary/aromatic N) is 1. The van der Waals surface area contributed by atoms with Gasteiger partial charge in [-0.2, -0.15) is 0 Å². The lowest BCUT2D eigenvalue weighted by Crippen LogP contribution is -2.47. The van der Waals surface area contributed by atoms with Crippen LogP contribution in [0.2, 0.25) is 0 Å². The van der Waals surface area contributed by atoms with E-state index in [1.807, 2.05) is 6.92 Å². The second kappa shape index (κ2) is 8.75. The average Bonchev–Trinajstić information content (AvgIpc) is 2.73. The number of amides is 2. The lowest BCUT2D eigenvalue weighted by atomic mass is 10.1. The maximum Gasteiger partial charge on any atom is 0.255 e. The molecule has 2 amide bonds. The van der Waals surface area contributed by atoms with E-state index in [1.165, 1.54) is 14.2 Å². The maximum atomic E-state index is 12.8. The lowest BCUT2D eigenvalue weighted by molar-refractivity contribution is 0.00359. The van der Waals surface area contributed by atoms with E-state index >= 15 is 0 Å². The summed E-state index contributed by atoms with van der Waals surface area (Å²) in [4.78, 5) is 27.2. The Morgan fingerprint density at radius 1 is 1.07 bits per heavy atom. The Labute approximate surface area is 164 Å². The minimum atomic E-state index is -0.301. The van der Waals surface area contributed by atoms with Crippen LogP contribution in [-0.4, -0.2) is 56.7 Å². The van der Waals surface area contributed by atoms with Gasteiger partial charge in [-0.25, -0.2) is 0 Å². The highest BCUT2D eigenvalue weighted by molar-refractivity contribution is 6.05. The molecule has 0 bridgehead atoms. The lowest BCUT2D eigenvalue weighted by Gasteiger charge is -2.33. The van der Waals surface area contributed by atoms with Crippen LogP contribution in [0, 0.1) is 0 Å². The summed E-state index contributed by atoms with van der Waals surface area (Å²) in [5, 5.41) is 2.83. The van der Waals surface area contributed by atoms with E-state index in [0.29, 0.717) is 48.1 Å². The number of hydrogen-bond acceptors (Lipinski definition) is 5.